The van der Waals surface area contributed by atoms with E-state index in [4.69, 9.17) is 14.3 Å². The number of aliphatic hydroxyl groups is 1. The second kappa shape index (κ2) is 8.27. The minimum absolute atomic E-state index is 0.0459. The second-order valence-electron chi connectivity index (χ2n) is 9.34. The first-order chi connectivity index (χ1) is 14.3. The van der Waals surface area contributed by atoms with Gasteiger partial charge in [0.25, 0.3) is 0 Å². The molecule has 0 amide bonds. The molecule has 1 aliphatic heterocycles. The molecule has 3 unspecified atom stereocenters. The molecule has 1 N–H and O–H groups in total. The molecule has 30 heavy (non-hydrogen) atoms. The number of ether oxygens (including phenoxy) is 3. The summed E-state index contributed by atoms with van der Waals surface area (Å²) in [4.78, 5) is 16.9. The van der Waals surface area contributed by atoms with Gasteiger partial charge in [0.15, 0.2) is 11.5 Å². The lowest BCUT2D eigenvalue weighted by Gasteiger charge is -2.34. The molecule has 1 heterocycles. The standard InChI is InChI=1S/C23H33NO6/c1-14(25)23(2)13-24(30-22(26)28-4)12-18(23)16-7-8-19(27-3)21(11-16)29-20-10-15-5-6-17(20)9-15/h7-8,11,14-15,17-18,20,25H,5-6,9-10,12-13H2,1-4H3/t14-,15?,17?,18-,20?,23-/m0/s1. The highest BCUT2D eigenvalue weighted by atomic mass is 16.8. The van der Waals surface area contributed by atoms with Crippen molar-refractivity contribution < 1.29 is 28.9 Å². The van der Waals surface area contributed by atoms with E-state index < -0.39 is 17.7 Å². The van der Waals surface area contributed by atoms with Crippen LogP contribution in [0.15, 0.2) is 18.2 Å². The molecule has 6 atom stereocenters. The predicted molar refractivity (Wildman–Crippen MR) is 110 cm³/mol. The summed E-state index contributed by atoms with van der Waals surface area (Å²) in [7, 11) is 2.94. The fourth-order valence-electron chi connectivity index (χ4n) is 5.58. The topological polar surface area (TPSA) is 77.5 Å². The molecule has 2 bridgehead atoms. The Balaban J connectivity index is 1.59. The first-order valence-corrected chi connectivity index (χ1v) is 10.9. The average Bonchev–Trinajstić information content (AvgIpc) is 3.42. The molecule has 2 saturated carbocycles. The minimum atomic E-state index is -0.751. The van der Waals surface area contributed by atoms with Crippen molar-refractivity contribution in [2.75, 3.05) is 27.3 Å². The Morgan fingerprint density at radius 1 is 1.23 bits per heavy atom. The van der Waals surface area contributed by atoms with E-state index in [9.17, 15) is 9.90 Å². The Bertz CT molecular complexity index is 783. The van der Waals surface area contributed by atoms with Crippen LogP contribution in [0.5, 0.6) is 11.5 Å². The van der Waals surface area contributed by atoms with E-state index in [1.165, 1.54) is 26.4 Å². The van der Waals surface area contributed by atoms with Gasteiger partial charge >= 0.3 is 6.16 Å². The van der Waals surface area contributed by atoms with E-state index in [-0.39, 0.29) is 12.0 Å². The average molecular weight is 420 g/mol. The number of fused-ring (bicyclic) bond motifs is 2. The Hall–Kier alpha value is -1.99. The van der Waals surface area contributed by atoms with E-state index in [0.717, 1.165) is 29.4 Å². The SMILES string of the molecule is COC(=O)ON1C[C@@H](c2ccc(OC)c(OC3CC4CCC3C4)c2)[C@](C)([C@H](C)O)C1. The quantitative estimate of drug-likeness (QED) is 0.704. The van der Waals surface area contributed by atoms with Crippen molar-refractivity contribution in [1.29, 1.82) is 0 Å². The first-order valence-electron chi connectivity index (χ1n) is 10.9. The zero-order valence-electron chi connectivity index (χ0n) is 18.3. The van der Waals surface area contributed by atoms with Gasteiger partial charge in [-0.05, 0) is 62.1 Å². The van der Waals surface area contributed by atoms with Gasteiger partial charge in [-0.1, -0.05) is 13.0 Å². The van der Waals surface area contributed by atoms with Gasteiger partial charge in [0.2, 0.25) is 0 Å². The lowest BCUT2D eigenvalue weighted by atomic mass is 9.72. The number of rotatable bonds is 6. The fraction of sp³-hybridized carbons (Fsp3) is 0.696. The molecule has 7 heteroatoms. The van der Waals surface area contributed by atoms with Gasteiger partial charge in [0.1, 0.15) is 6.10 Å². The molecule has 1 aromatic rings. The van der Waals surface area contributed by atoms with Crippen LogP contribution in [0.3, 0.4) is 0 Å². The molecule has 2 aliphatic carbocycles. The number of hydrogen-bond acceptors (Lipinski definition) is 7. The Morgan fingerprint density at radius 2 is 2.03 bits per heavy atom. The molecule has 4 rings (SSSR count). The molecule has 0 aromatic heterocycles. The third kappa shape index (κ3) is 3.85. The van der Waals surface area contributed by atoms with Crippen LogP contribution in [0, 0.1) is 17.3 Å². The molecule has 1 aromatic carbocycles. The number of carbonyl (C=O) groups excluding carboxylic acids is 1. The second-order valence-corrected chi connectivity index (χ2v) is 9.34. The summed E-state index contributed by atoms with van der Waals surface area (Å²) in [5.41, 5.74) is 0.542. The number of benzene rings is 1. The first kappa shape index (κ1) is 21.2. The Morgan fingerprint density at radius 3 is 2.63 bits per heavy atom. The number of aliphatic hydroxyl groups excluding tert-OH is 1. The van der Waals surface area contributed by atoms with Crippen molar-refractivity contribution in [1.82, 2.24) is 5.06 Å². The number of nitrogens with zero attached hydrogens (tertiary/aromatic N) is 1. The molecule has 0 spiro atoms. The van der Waals surface area contributed by atoms with E-state index in [0.29, 0.717) is 19.0 Å². The van der Waals surface area contributed by atoms with Crippen molar-refractivity contribution in [3.63, 3.8) is 0 Å². The normalized spacial score (nSPS) is 34.0. The molecule has 3 fully saturated rings. The van der Waals surface area contributed by atoms with Crippen LogP contribution in [-0.2, 0) is 9.57 Å². The van der Waals surface area contributed by atoms with Crippen LogP contribution in [0.1, 0.15) is 51.0 Å². The third-order valence-electron chi connectivity index (χ3n) is 7.57. The summed E-state index contributed by atoms with van der Waals surface area (Å²) in [5, 5.41) is 12.1. The van der Waals surface area contributed by atoms with Crippen LogP contribution in [0.4, 0.5) is 4.79 Å². The maximum Gasteiger partial charge on any atom is 0.527 e. The molecule has 0 radical (unpaired) electrons. The van der Waals surface area contributed by atoms with Gasteiger partial charge in [0.05, 0.1) is 20.3 Å². The number of hydrogen-bond donors (Lipinski definition) is 1. The number of methoxy groups -OCH3 is 2. The van der Waals surface area contributed by atoms with E-state index in [1.54, 1.807) is 19.1 Å². The molecule has 1 saturated heterocycles. The largest absolute Gasteiger partial charge is 0.527 e. The Kier molecular flexibility index (Phi) is 5.86. The monoisotopic (exact) mass is 419 g/mol. The maximum absolute atomic E-state index is 11.6. The van der Waals surface area contributed by atoms with Crippen LogP contribution < -0.4 is 9.47 Å². The number of carbonyl (C=O) groups is 1. The van der Waals surface area contributed by atoms with Crippen LogP contribution in [-0.4, -0.2) is 55.8 Å². The Labute approximate surface area is 178 Å². The van der Waals surface area contributed by atoms with Crippen molar-refractivity contribution in [3.8, 4) is 11.5 Å². The van der Waals surface area contributed by atoms with Crippen LogP contribution in [0.2, 0.25) is 0 Å². The molecular weight excluding hydrogens is 386 g/mol. The zero-order valence-corrected chi connectivity index (χ0v) is 18.3. The van der Waals surface area contributed by atoms with Gasteiger partial charge in [-0.25, -0.2) is 4.79 Å². The van der Waals surface area contributed by atoms with Gasteiger partial charge in [-0.15, -0.1) is 5.06 Å². The van der Waals surface area contributed by atoms with E-state index in [2.05, 4.69) is 4.74 Å². The predicted octanol–water partition coefficient (Wildman–Crippen LogP) is 3.75. The van der Waals surface area contributed by atoms with Gasteiger partial charge in [-0.2, -0.15) is 0 Å². The minimum Gasteiger partial charge on any atom is -0.493 e. The highest BCUT2D eigenvalue weighted by molar-refractivity contribution is 5.59. The van der Waals surface area contributed by atoms with Crippen molar-refractivity contribution in [3.05, 3.63) is 23.8 Å². The highest BCUT2D eigenvalue weighted by Crippen LogP contribution is 2.49. The zero-order chi connectivity index (χ0) is 21.5. The third-order valence-corrected chi connectivity index (χ3v) is 7.57. The summed E-state index contributed by atoms with van der Waals surface area (Å²) < 4.78 is 16.7. The smallest absolute Gasteiger partial charge is 0.493 e. The van der Waals surface area contributed by atoms with Crippen LogP contribution >= 0.6 is 0 Å². The molecule has 166 valence electrons. The lowest BCUT2D eigenvalue weighted by molar-refractivity contribution is -0.118. The van der Waals surface area contributed by atoms with Gasteiger partial charge < -0.3 is 24.2 Å². The fourth-order valence-corrected chi connectivity index (χ4v) is 5.58. The van der Waals surface area contributed by atoms with Gasteiger partial charge in [-0.3, -0.25) is 0 Å². The molecular formula is C23H33NO6. The van der Waals surface area contributed by atoms with Gasteiger partial charge in [0, 0.05) is 24.4 Å². The lowest BCUT2D eigenvalue weighted by Crippen LogP contribution is -2.37. The molecule has 3 aliphatic rings. The highest BCUT2D eigenvalue weighted by Gasteiger charge is 2.49. The summed E-state index contributed by atoms with van der Waals surface area (Å²) in [6, 6.07) is 5.99. The number of hydroxylamine groups is 2. The summed E-state index contributed by atoms with van der Waals surface area (Å²) >= 11 is 0. The molecule has 7 nitrogen and oxygen atoms in total. The summed E-state index contributed by atoms with van der Waals surface area (Å²) in [5.74, 6) is 2.87. The van der Waals surface area contributed by atoms with Crippen LogP contribution in [0.25, 0.3) is 0 Å². The van der Waals surface area contributed by atoms with E-state index in [1.807, 2.05) is 25.1 Å². The van der Waals surface area contributed by atoms with Crippen molar-refractivity contribution >= 4 is 6.16 Å². The van der Waals surface area contributed by atoms with Crippen molar-refractivity contribution in [2.45, 2.75) is 57.7 Å². The van der Waals surface area contributed by atoms with E-state index >= 15 is 0 Å². The summed E-state index contributed by atoms with van der Waals surface area (Å²) in [6.45, 7) is 4.68. The maximum atomic E-state index is 11.6. The summed E-state index contributed by atoms with van der Waals surface area (Å²) in [6.07, 6.45) is 3.87. The van der Waals surface area contributed by atoms with Crippen molar-refractivity contribution in [2.24, 2.45) is 17.3 Å².